The molecule has 43 heavy (non-hydrogen) atoms. The van der Waals surface area contributed by atoms with Crippen molar-refractivity contribution in [3.8, 4) is 0 Å². The van der Waals surface area contributed by atoms with Gasteiger partial charge in [0.25, 0.3) is 0 Å². The Morgan fingerprint density at radius 3 is 2.16 bits per heavy atom. The highest BCUT2D eigenvalue weighted by atomic mass is 16.6. The van der Waals surface area contributed by atoms with Gasteiger partial charge in [0.2, 0.25) is 0 Å². The molecule has 2 fully saturated rings. The Hall–Kier alpha value is -4.06. The van der Waals surface area contributed by atoms with E-state index in [1.165, 1.54) is 21.8 Å². The Morgan fingerprint density at radius 1 is 0.860 bits per heavy atom. The van der Waals surface area contributed by atoms with Gasteiger partial charge in [0.05, 0.1) is 13.2 Å². The maximum absolute atomic E-state index is 12.2. The van der Waals surface area contributed by atoms with Gasteiger partial charge in [0.1, 0.15) is 6.61 Å². The van der Waals surface area contributed by atoms with Crippen molar-refractivity contribution in [2.75, 3.05) is 19.8 Å². The fourth-order valence-corrected chi connectivity index (χ4v) is 7.07. The van der Waals surface area contributed by atoms with E-state index < -0.39 is 12.1 Å². The number of para-hydroxylation sites is 2. The van der Waals surface area contributed by atoms with E-state index in [1.807, 2.05) is 6.08 Å². The lowest BCUT2D eigenvalue weighted by Gasteiger charge is -2.19. The largest absolute Gasteiger partial charge is 0.460 e. The Kier molecular flexibility index (Phi) is 9.86. The van der Waals surface area contributed by atoms with Crippen LogP contribution in [0.4, 0.5) is 4.79 Å². The molecule has 0 saturated heterocycles. The second-order valence-corrected chi connectivity index (χ2v) is 12.3. The number of aromatic nitrogens is 1. The van der Waals surface area contributed by atoms with Crippen LogP contribution in [-0.4, -0.2) is 36.4 Å². The van der Waals surface area contributed by atoms with E-state index in [4.69, 9.17) is 9.47 Å². The Balaban J connectivity index is 1.19. The molecule has 6 heteroatoms. The van der Waals surface area contributed by atoms with Crippen molar-refractivity contribution < 1.29 is 19.1 Å². The molecule has 0 radical (unpaired) electrons. The normalized spacial score (nSPS) is 25.2. The topological polar surface area (TPSA) is 69.6 Å². The molecule has 1 heterocycles. The van der Waals surface area contributed by atoms with E-state index in [2.05, 4.69) is 96.4 Å². The molecule has 1 N–H and O–H groups in total. The number of rotatable bonds is 12. The van der Waals surface area contributed by atoms with Crippen LogP contribution in [0.5, 0.6) is 0 Å². The lowest BCUT2D eigenvalue weighted by molar-refractivity contribution is -0.138. The third-order valence-corrected chi connectivity index (χ3v) is 9.32. The number of carbonyl (C=O) groups is 2. The number of ether oxygens (including phenoxy) is 2. The van der Waals surface area contributed by atoms with Gasteiger partial charge < -0.3 is 19.4 Å². The number of esters is 1. The average molecular weight is 581 g/mol. The summed E-state index contributed by atoms with van der Waals surface area (Å²) < 4.78 is 13.0. The van der Waals surface area contributed by atoms with Gasteiger partial charge in [-0.1, -0.05) is 67.3 Å². The minimum Gasteiger partial charge on any atom is -0.460 e. The highest BCUT2D eigenvalue weighted by Gasteiger charge is 2.35. The molecule has 2 aromatic carbocycles. The van der Waals surface area contributed by atoms with E-state index in [-0.39, 0.29) is 19.1 Å². The van der Waals surface area contributed by atoms with Crippen molar-refractivity contribution in [2.24, 2.45) is 35.5 Å². The zero-order valence-electron chi connectivity index (χ0n) is 25.3. The number of fused-ring (bicyclic) bond motifs is 3. The van der Waals surface area contributed by atoms with E-state index in [0.717, 1.165) is 32.2 Å². The van der Waals surface area contributed by atoms with Gasteiger partial charge in [-0.25, -0.2) is 9.59 Å². The van der Waals surface area contributed by atoms with Crippen LogP contribution in [0.25, 0.3) is 21.8 Å². The maximum Gasteiger partial charge on any atom is 0.407 e. The fourth-order valence-electron chi connectivity index (χ4n) is 7.07. The predicted molar refractivity (Wildman–Crippen MR) is 174 cm³/mol. The van der Waals surface area contributed by atoms with Crippen LogP contribution in [0.3, 0.4) is 0 Å². The number of hydrogen-bond donors (Lipinski definition) is 1. The van der Waals surface area contributed by atoms with Crippen LogP contribution in [0.2, 0.25) is 0 Å². The molecule has 2 aliphatic carbocycles. The van der Waals surface area contributed by atoms with Crippen molar-refractivity contribution in [2.45, 2.75) is 39.2 Å². The zero-order valence-corrected chi connectivity index (χ0v) is 25.3. The first-order valence-corrected chi connectivity index (χ1v) is 15.5. The summed E-state index contributed by atoms with van der Waals surface area (Å²) in [6.45, 7) is 14.9. The summed E-state index contributed by atoms with van der Waals surface area (Å²) in [6.07, 6.45) is 12.8. The van der Waals surface area contributed by atoms with Crippen molar-refractivity contribution in [3.05, 3.63) is 98.1 Å². The molecule has 3 aromatic rings. The molecule has 5 rings (SSSR count). The summed E-state index contributed by atoms with van der Waals surface area (Å²) in [5, 5.41) is 5.28. The molecule has 226 valence electrons. The summed E-state index contributed by atoms with van der Waals surface area (Å²) in [5.74, 6) is 2.05. The van der Waals surface area contributed by atoms with Crippen LogP contribution in [0.1, 0.15) is 32.6 Å². The van der Waals surface area contributed by atoms with E-state index >= 15 is 0 Å². The number of amides is 1. The molecule has 1 amide bonds. The van der Waals surface area contributed by atoms with Crippen LogP contribution in [-0.2, 0) is 20.8 Å². The highest BCUT2D eigenvalue weighted by molar-refractivity contribution is 6.07. The maximum atomic E-state index is 12.2. The monoisotopic (exact) mass is 580 g/mol. The van der Waals surface area contributed by atoms with Gasteiger partial charge in [0, 0.05) is 39.8 Å². The third-order valence-electron chi connectivity index (χ3n) is 9.32. The van der Waals surface area contributed by atoms with Crippen molar-refractivity contribution in [3.63, 3.8) is 0 Å². The number of allylic oxidation sites excluding steroid dienone is 4. The molecule has 6 atom stereocenters. The van der Waals surface area contributed by atoms with Crippen LogP contribution < -0.4 is 5.32 Å². The number of hydrogen-bond acceptors (Lipinski definition) is 4. The molecule has 6 unspecified atom stereocenters. The quantitative estimate of drug-likeness (QED) is 0.103. The molecule has 1 aromatic heterocycles. The van der Waals surface area contributed by atoms with Crippen molar-refractivity contribution in [1.29, 1.82) is 0 Å². The van der Waals surface area contributed by atoms with Crippen LogP contribution in [0, 0.1) is 35.5 Å². The van der Waals surface area contributed by atoms with Gasteiger partial charge >= 0.3 is 12.1 Å². The lowest BCUT2D eigenvalue weighted by Crippen LogP contribution is -2.30. The SMILES string of the molecule is C=CC1CC(C=CC2CC(C=C)C(COC(=O)NCCOC(=O)C(=C)C)C2)C(Cn2c3ccccc3c3ccccc32)C1. The van der Waals surface area contributed by atoms with E-state index in [1.54, 1.807) is 6.92 Å². The first-order chi connectivity index (χ1) is 20.9. The summed E-state index contributed by atoms with van der Waals surface area (Å²) in [5.41, 5.74) is 2.94. The van der Waals surface area contributed by atoms with Gasteiger partial charge in [-0.05, 0) is 74.3 Å². The number of carbonyl (C=O) groups excluding carboxylic acids is 2. The first-order valence-electron chi connectivity index (χ1n) is 15.5. The second kappa shape index (κ2) is 13.9. The first kappa shape index (κ1) is 30.4. The summed E-state index contributed by atoms with van der Waals surface area (Å²) in [4.78, 5) is 23.7. The number of nitrogens with one attached hydrogen (secondary N) is 1. The molecule has 2 saturated carbocycles. The standard InChI is InChI=1S/C37H44N2O4/c1-5-26-19-29(30(20-26)23-39-34-13-9-7-11-32(34)33-12-8-10-14-35(33)39)16-15-27-21-28(6-2)31(22-27)24-43-37(41)38-17-18-42-36(40)25(3)4/h5-16,26-31H,1-3,17-24H2,4H3,(H,38,41). The fraction of sp³-hybridized carbons (Fsp3) is 0.405. The minimum absolute atomic E-state index is 0.0814. The molecule has 0 bridgehead atoms. The molecule has 0 spiro atoms. The molecular formula is C37H44N2O4. The van der Waals surface area contributed by atoms with Gasteiger partial charge in [-0.15, -0.1) is 13.2 Å². The molecule has 6 nitrogen and oxygen atoms in total. The summed E-state index contributed by atoms with van der Waals surface area (Å²) >= 11 is 0. The smallest absolute Gasteiger partial charge is 0.407 e. The van der Waals surface area contributed by atoms with Crippen LogP contribution >= 0.6 is 0 Å². The van der Waals surface area contributed by atoms with Gasteiger partial charge in [-0.3, -0.25) is 0 Å². The second-order valence-electron chi connectivity index (χ2n) is 12.3. The van der Waals surface area contributed by atoms with Crippen LogP contribution in [0.15, 0.2) is 98.1 Å². The van der Waals surface area contributed by atoms with E-state index in [0.29, 0.717) is 41.8 Å². The average Bonchev–Trinajstić information content (AvgIpc) is 3.71. The number of benzene rings is 2. The Labute approximate surface area is 255 Å². The predicted octanol–water partition coefficient (Wildman–Crippen LogP) is 7.85. The zero-order chi connectivity index (χ0) is 30.3. The Bertz CT molecular complexity index is 1460. The third kappa shape index (κ3) is 7.12. The van der Waals surface area contributed by atoms with E-state index in [9.17, 15) is 9.59 Å². The molecule has 0 aliphatic heterocycles. The summed E-state index contributed by atoms with van der Waals surface area (Å²) in [6, 6.07) is 17.5. The van der Waals surface area contributed by atoms with Gasteiger partial charge in [-0.2, -0.15) is 0 Å². The molecule has 2 aliphatic rings. The molecular weight excluding hydrogens is 536 g/mol. The van der Waals surface area contributed by atoms with Crippen molar-refractivity contribution in [1.82, 2.24) is 9.88 Å². The minimum atomic E-state index is -0.498. The summed E-state index contributed by atoms with van der Waals surface area (Å²) in [7, 11) is 0. The van der Waals surface area contributed by atoms with Gasteiger partial charge in [0.15, 0.2) is 0 Å². The number of alkyl carbamates (subject to hydrolysis) is 1. The Morgan fingerprint density at radius 2 is 1.51 bits per heavy atom. The van der Waals surface area contributed by atoms with Crippen molar-refractivity contribution >= 4 is 33.9 Å². The highest BCUT2D eigenvalue weighted by Crippen LogP contribution is 2.43. The number of nitrogens with zero attached hydrogens (tertiary/aromatic N) is 1. The lowest BCUT2D eigenvalue weighted by atomic mass is 9.93.